The zero-order valence-electron chi connectivity index (χ0n) is 5.22. The molecule has 1 nitrogen and oxygen atoms in total. The summed E-state index contributed by atoms with van der Waals surface area (Å²) in [7, 11) is 0. The van der Waals surface area contributed by atoms with Crippen molar-refractivity contribution in [1.82, 2.24) is 0 Å². The van der Waals surface area contributed by atoms with E-state index < -0.39 is 0 Å². The minimum absolute atomic E-state index is 1.12. The monoisotopic (exact) mass is 110 g/mol. The van der Waals surface area contributed by atoms with Gasteiger partial charge in [0.2, 0.25) is 0 Å². The lowest BCUT2D eigenvalue weighted by Gasteiger charge is -1.99. The van der Waals surface area contributed by atoms with Gasteiger partial charge in [0.05, 0.1) is 12.7 Å². The second kappa shape index (κ2) is 2.68. The van der Waals surface area contributed by atoms with Crippen LogP contribution >= 0.6 is 0 Å². The fraction of sp³-hybridized carbons (Fsp3) is 0.429. The third-order valence-electron chi connectivity index (χ3n) is 1.37. The predicted molar refractivity (Wildman–Crippen MR) is 34.3 cm³/mol. The molecule has 0 aromatic rings. The average molecular weight is 110 g/mol. The van der Waals surface area contributed by atoms with Crippen molar-refractivity contribution >= 4 is 0 Å². The van der Waals surface area contributed by atoms with Crippen molar-refractivity contribution in [3.8, 4) is 0 Å². The molecule has 2 N–H and O–H groups in total. The van der Waals surface area contributed by atoms with Crippen LogP contribution in [0.5, 0.6) is 0 Å². The zero-order chi connectivity index (χ0) is 5.82. The molecule has 0 bridgehead atoms. The Labute approximate surface area is 50.1 Å². The summed E-state index contributed by atoms with van der Waals surface area (Å²) in [5.74, 6) is 0. The molecule has 1 heteroatoms. The maximum absolute atomic E-state index is 2.26. The van der Waals surface area contributed by atoms with Crippen molar-refractivity contribution in [3.63, 3.8) is 0 Å². The summed E-state index contributed by atoms with van der Waals surface area (Å²) >= 11 is 0. The summed E-state index contributed by atoms with van der Waals surface area (Å²) in [4.78, 5) is 0. The van der Waals surface area contributed by atoms with Gasteiger partial charge in [-0.15, -0.1) is 0 Å². The summed E-state index contributed by atoms with van der Waals surface area (Å²) in [5.41, 5.74) is 1.47. The van der Waals surface area contributed by atoms with Crippen molar-refractivity contribution in [2.24, 2.45) is 0 Å². The van der Waals surface area contributed by atoms with Gasteiger partial charge in [0, 0.05) is 0 Å². The van der Waals surface area contributed by atoms with E-state index >= 15 is 0 Å². The molecule has 8 heavy (non-hydrogen) atoms. The zero-order valence-corrected chi connectivity index (χ0v) is 5.22. The molecule has 0 aliphatic carbocycles. The van der Waals surface area contributed by atoms with Crippen LogP contribution in [-0.4, -0.2) is 6.54 Å². The highest BCUT2D eigenvalue weighted by atomic mass is 14.8. The third-order valence-corrected chi connectivity index (χ3v) is 1.37. The molecule has 0 fully saturated rings. The first-order valence-corrected chi connectivity index (χ1v) is 3.12. The first-order valence-electron chi connectivity index (χ1n) is 3.12. The van der Waals surface area contributed by atoms with Crippen molar-refractivity contribution in [2.75, 3.05) is 6.54 Å². The Balaban J connectivity index is 2.51. The van der Waals surface area contributed by atoms with Gasteiger partial charge in [0.25, 0.3) is 0 Å². The molecule has 0 unspecified atom stereocenters. The summed E-state index contributed by atoms with van der Waals surface area (Å²) < 4.78 is 0. The van der Waals surface area contributed by atoms with Crippen LogP contribution in [-0.2, 0) is 0 Å². The number of quaternary nitrogens is 1. The standard InChI is InChI=1S/C7H11N/c1-2-7-3-5-8-6-4-7/h3-5,8H,2,6H2,1H3/p+1. The van der Waals surface area contributed by atoms with Gasteiger partial charge in [-0.1, -0.05) is 6.92 Å². The van der Waals surface area contributed by atoms with E-state index in [9.17, 15) is 0 Å². The van der Waals surface area contributed by atoms with Gasteiger partial charge in [-0.05, 0) is 24.1 Å². The predicted octanol–water partition coefficient (Wildman–Crippen LogP) is 0.414. The maximum Gasteiger partial charge on any atom is 0.0990 e. The maximum atomic E-state index is 2.26. The van der Waals surface area contributed by atoms with Gasteiger partial charge in [0.1, 0.15) is 0 Å². The van der Waals surface area contributed by atoms with Crippen LogP contribution in [0.4, 0.5) is 0 Å². The average Bonchev–Trinajstić information content (AvgIpc) is 1.90. The Bertz CT molecular complexity index is 122. The molecule has 0 aromatic carbocycles. The number of allylic oxidation sites excluding steroid dienone is 2. The van der Waals surface area contributed by atoms with Gasteiger partial charge in [0.15, 0.2) is 0 Å². The quantitative estimate of drug-likeness (QED) is 0.503. The molecule has 0 atom stereocenters. The van der Waals surface area contributed by atoms with E-state index in [1.165, 1.54) is 12.0 Å². The van der Waals surface area contributed by atoms with E-state index in [1.807, 2.05) is 0 Å². The minimum Gasteiger partial charge on any atom is -0.317 e. The highest BCUT2D eigenvalue weighted by Crippen LogP contribution is 2.00. The molecular formula is C7H12N+. The lowest BCUT2D eigenvalue weighted by atomic mass is 10.1. The highest BCUT2D eigenvalue weighted by molar-refractivity contribution is 5.17. The fourth-order valence-electron chi connectivity index (χ4n) is 0.820. The molecule has 0 aromatic heterocycles. The first-order chi connectivity index (χ1) is 3.93. The van der Waals surface area contributed by atoms with E-state index in [2.05, 4.69) is 30.6 Å². The first kappa shape index (κ1) is 5.57. The van der Waals surface area contributed by atoms with Gasteiger partial charge in [-0.2, -0.15) is 0 Å². The number of rotatable bonds is 1. The molecule has 0 radical (unpaired) electrons. The Hall–Kier alpha value is -0.560. The highest BCUT2D eigenvalue weighted by Gasteiger charge is 1.93. The Morgan fingerprint density at radius 1 is 1.75 bits per heavy atom. The van der Waals surface area contributed by atoms with E-state index in [4.69, 9.17) is 0 Å². The van der Waals surface area contributed by atoms with Gasteiger partial charge in [-0.3, -0.25) is 0 Å². The number of nitrogens with two attached hydrogens (primary N) is 1. The van der Waals surface area contributed by atoms with E-state index in [0.29, 0.717) is 0 Å². The topological polar surface area (TPSA) is 16.6 Å². The summed E-state index contributed by atoms with van der Waals surface area (Å²) in [6.07, 6.45) is 7.73. The molecule has 1 rings (SSSR count). The molecule has 0 amide bonds. The smallest absolute Gasteiger partial charge is 0.0990 e. The summed E-state index contributed by atoms with van der Waals surface area (Å²) in [6.45, 7) is 3.31. The van der Waals surface area contributed by atoms with Crippen LogP contribution in [0.15, 0.2) is 23.9 Å². The number of hydrogen-bond acceptors (Lipinski definition) is 0. The molecule has 0 spiro atoms. The Kier molecular flexibility index (Phi) is 1.86. The third kappa shape index (κ3) is 1.20. The lowest BCUT2D eigenvalue weighted by molar-refractivity contribution is -0.578. The largest absolute Gasteiger partial charge is 0.317 e. The lowest BCUT2D eigenvalue weighted by Crippen LogP contribution is -2.78. The second-order valence-electron chi connectivity index (χ2n) is 1.96. The molecular weight excluding hydrogens is 98.1 g/mol. The molecule has 0 saturated heterocycles. The van der Waals surface area contributed by atoms with Crippen LogP contribution in [0.3, 0.4) is 0 Å². The van der Waals surface area contributed by atoms with Gasteiger partial charge in [-0.25, -0.2) is 0 Å². The van der Waals surface area contributed by atoms with Crippen LogP contribution in [0.25, 0.3) is 0 Å². The second-order valence-corrected chi connectivity index (χ2v) is 1.96. The normalized spacial score (nSPS) is 18.4. The van der Waals surface area contributed by atoms with Gasteiger partial charge < -0.3 is 5.32 Å². The molecule has 1 aliphatic heterocycles. The van der Waals surface area contributed by atoms with Gasteiger partial charge >= 0.3 is 0 Å². The molecule has 0 saturated carbocycles. The van der Waals surface area contributed by atoms with E-state index in [0.717, 1.165) is 6.54 Å². The summed E-state index contributed by atoms with van der Waals surface area (Å²) in [6, 6.07) is 0. The van der Waals surface area contributed by atoms with Crippen molar-refractivity contribution in [1.29, 1.82) is 0 Å². The Morgan fingerprint density at radius 3 is 3.00 bits per heavy atom. The van der Waals surface area contributed by atoms with E-state index in [1.54, 1.807) is 0 Å². The minimum atomic E-state index is 1.12. The SMILES string of the molecule is CCC1=CC[NH2+]C=C1. The van der Waals surface area contributed by atoms with Crippen molar-refractivity contribution in [2.45, 2.75) is 13.3 Å². The van der Waals surface area contributed by atoms with Crippen molar-refractivity contribution in [3.05, 3.63) is 23.9 Å². The summed E-state index contributed by atoms with van der Waals surface area (Å²) in [5, 5.41) is 2.17. The van der Waals surface area contributed by atoms with Crippen LogP contribution in [0.1, 0.15) is 13.3 Å². The molecule has 44 valence electrons. The van der Waals surface area contributed by atoms with Crippen LogP contribution < -0.4 is 5.32 Å². The van der Waals surface area contributed by atoms with E-state index in [-0.39, 0.29) is 0 Å². The van der Waals surface area contributed by atoms with Crippen LogP contribution in [0.2, 0.25) is 0 Å². The molecule has 1 heterocycles. The van der Waals surface area contributed by atoms with Crippen molar-refractivity contribution < 1.29 is 5.32 Å². The molecule has 1 aliphatic rings. The fourth-order valence-corrected chi connectivity index (χ4v) is 0.820. The Morgan fingerprint density at radius 2 is 2.62 bits per heavy atom. The van der Waals surface area contributed by atoms with Crippen LogP contribution in [0, 0.1) is 0 Å². The number of hydrogen-bond donors (Lipinski definition) is 1.